The van der Waals surface area contributed by atoms with Gasteiger partial charge in [0.15, 0.2) is 0 Å². The van der Waals surface area contributed by atoms with E-state index in [1.54, 1.807) is 0 Å². The minimum atomic E-state index is 0.950. The van der Waals surface area contributed by atoms with Crippen molar-refractivity contribution in [1.82, 2.24) is 9.55 Å². The highest BCUT2D eigenvalue weighted by atomic mass is 15.2. The number of aryl methyl sites for hydroxylation is 1. The summed E-state index contributed by atoms with van der Waals surface area (Å²) < 4.78 is 4.72. The number of pyridine rings is 1. The van der Waals surface area contributed by atoms with Crippen LogP contribution in [-0.4, -0.2) is 9.55 Å². The molecule has 0 spiro atoms. The first-order valence-corrected chi connectivity index (χ1v) is 9.49. The molecule has 2 aromatic heterocycles. The van der Waals surface area contributed by atoms with Crippen LogP contribution < -0.4 is 4.57 Å². The van der Waals surface area contributed by atoms with Gasteiger partial charge in [-0.1, -0.05) is 30.3 Å². The van der Waals surface area contributed by atoms with Crippen LogP contribution in [0.5, 0.6) is 0 Å². The van der Waals surface area contributed by atoms with Crippen LogP contribution in [0.3, 0.4) is 0 Å². The molecule has 0 amide bonds. The molecule has 0 N–H and O–H groups in total. The zero-order valence-corrected chi connectivity index (χ0v) is 15.5. The van der Waals surface area contributed by atoms with E-state index in [1.807, 2.05) is 12.3 Å². The Labute approximate surface area is 158 Å². The third-order valence-corrected chi connectivity index (χ3v) is 6.06. The fourth-order valence-electron chi connectivity index (χ4n) is 4.99. The molecule has 27 heavy (non-hydrogen) atoms. The average Bonchev–Trinajstić information content (AvgIpc) is 3.33. The summed E-state index contributed by atoms with van der Waals surface area (Å²) >= 11 is 0. The molecule has 3 heteroatoms. The third kappa shape index (κ3) is 1.91. The Morgan fingerprint density at radius 2 is 1.85 bits per heavy atom. The van der Waals surface area contributed by atoms with Gasteiger partial charge >= 0.3 is 0 Å². The van der Waals surface area contributed by atoms with E-state index in [1.165, 1.54) is 50.5 Å². The van der Waals surface area contributed by atoms with Gasteiger partial charge in [-0.3, -0.25) is 4.98 Å². The fourth-order valence-corrected chi connectivity index (χ4v) is 4.99. The quantitative estimate of drug-likeness (QED) is 0.403. The summed E-state index contributed by atoms with van der Waals surface area (Å²) in [6.45, 7) is 5.44. The number of fused-ring (bicyclic) bond motifs is 6. The molecule has 1 aliphatic heterocycles. The largest absolute Gasteiger partial charge is 0.294 e. The van der Waals surface area contributed by atoms with E-state index in [-0.39, 0.29) is 0 Å². The summed E-state index contributed by atoms with van der Waals surface area (Å²) in [6, 6.07) is 15.3. The van der Waals surface area contributed by atoms with Gasteiger partial charge in [0, 0.05) is 29.3 Å². The standard InChI is InChI=1S/C24H20N3/c1-15-12-19-13-17-7-5-9-25-22(17)21(19)16(2)23(15)27-11-10-26-14-18-6-3-4-8-20(18)24(26)27/h3-12H,13-14H2,1-2H3/q+1. The number of rotatable bonds is 1. The first-order valence-electron chi connectivity index (χ1n) is 9.49. The lowest BCUT2D eigenvalue weighted by atomic mass is 9.97. The molecule has 2 aromatic carbocycles. The Kier molecular flexibility index (Phi) is 2.85. The van der Waals surface area contributed by atoms with Crippen molar-refractivity contribution in [3.05, 3.63) is 88.9 Å². The van der Waals surface area contributed by atoms with Gasteiger partial charge in [-0.2, -0.15) is 4.57 Å². The molecule has 1 aliphatic carbocycles. The maximum atomic E-state index is 4.71. The Bertz CT molecular complexity index is 1250. The number of hydrogen-bond acceptors (Lipinski definition) is 1. The molecule has 6 rings (SSSR count). The molecule has 3 nitrogen and oxygen atoms in total. The third-order valence-electron chi connectivity index (χ3n) is 6.06. The van der Waals surface area contributed by atoms with E-state index in [2.05, 4.69) is 71.8 Å². The zero-order valence-electron chi connectivity index (χ0n) is 15.5. The van der Waals surface area contributed by atoms with E-state index in [9.17, 15) is 0 Å². The fraction of sp³-hybridized carbons (Fsp3) is 0.167. The van der Waals surface area contributed by atoms with Gasteiger partial charge in [0.1, 0.15) is 24.6 Å². The van der Waals surface area contributed by atoms with Crippen molar-refractivity contribution in [2.24, 2.45) is 0 Å². The highest BCUT2D eigenvalue weighted by molar-refractivity contribution is 5.81. The van der Waals surface area contributed by atoms with Crippen LogP contribution in [0.2, 0.25) is 0 Å². The second-order valence-corrected chi connectivity index (χ2v) is 7.67. The lowest BCUT2D eigenvalue weighted by Crippen LogP contribution is -2.30. The van der Waals surface area contributed by atoms with E-state index in [0.29, 0.717) is 0 Å². The first kappa shape index (κ1) is 14.9. The van der Waals surface area contributed by atoms with Crippen molar-refractivity contribution in [3.8, 4) is 28.3 Å². The van der Waals surface area contributed by atoms with E-state index in [0.717, 1.165) is 18.7 Å². The first-order chi connectivity index (χ1) is 13.2. The van der Waals surface area contributed by atoms with Crippen molar-refractivity contribution in [2.75, 3.05) is 0 Å². The van der Waals surface area contributed by atoms with Gasteiger partial charge in [0.25, 0.3) is 5.82 Å². The molecule has 2 aliphatic rings. The Morgan fingerprint density at radius 3 is 2.78 bits per heavy atom. The van der Waals surface area contributed by atoms with Gasteiger partial charge < -0.3 is 0 Å². The van der Waals surface area contributed by atoms with Crippen LogP contribution in [0.15, 0.2) is 61.1 Å². The number of aromatic nitrogens is 3. The summed E-state index contributed by atoms with van der Waals surface area (Å²) in [5.41, 5.74) is 11.9. The lowest BCUT2D eigenvalue weighted by Gasteiger charge is -2.13. The molecule has 0 unspecified atom stereocenters. The van der Waals surface area contributed by atoms with Crippen molar-refractivity contribution in [1.29, 1.82) is 0 Å². The molecule has 130 valence electrons. The number of benzene rings is 2. The van der Waals surface area contributed by atoms with Crippen molar-refractivity contribution in [2.45, 2.75) is 26.8 Å². The van der Waals surface area contributed by atoms with Crippen LogP contribution in [0.25, 0.3) is 28.3 Å². The number of nitrogens with zero attached hydrogens (tertiary/aromatic N) is 3. The Hall–Kier alpha value is -3.20. The van der Waals surface area contributed by atoms with E-state index >= 15 is 0 Å². The van der Waals surface area contributed by atoms with Crippen LogP contribution in [0.4, 0.5) is 0 Å². The second kappa shape index (κ2) is 5.17. The maximum absolute atomic E-state index is 4.71. The SMILES string of the molecule is Cc1cc2c(c(C)c1-n1cc[n+]3c1-c1ccccc1C3)-c1ncccc1C2. The summed E-state index contributed by atoms with van der Waals surface area (Å²) in [5.74, 6) is 1.27. The summed E-state index contributed by atoms with van der Waals surface area (Å²) in [7, 11) is 0. The minimum Gasteiger partial charge on any atom is -0.256 e. The highest BCUT2D eigenvalue weighted by Gasteiger charge is 2.33. The minimum absolute atomic E-state index is 0.950. The zero-order chi connectivity index (χ0) is 18.1. The predicted molar refractivity (Wildman–Crippen MR) is 106 cm³/mol. The smallest absolute Gasteiger partial charge is 0.256 e. The van der Waals surface area contributed by atoms with Crippen molar-refractivity contribution < 1.29 is 4.57 Å². The van der Waals surface area contributed by atoms with Gasteiger partial charge in [0.05, 0.1) is 11.3 Å². The summed E-state index contributed by atoms with van der Waals surface area (Å²) in [4.78, 5) is 4.71. The molecule has 0 radical (unpaired) electrons. The average molecular weight is 350 g/mol. The maximum Gasteiger partial charge on any atom is 0.294 e. The van der Waals surface area contributed by atoms with Gasteiger partial charge in [-0.05, 0) is 42.7 Å². The summed E-state index contributed by atoms with van der Waals surface area (Å²) in [5, 5.41) is 0. The molecule has 0 saturated heterocycles. The predicted octanol–water partition coefficient (Wildman–Crippen LogP) is 4.38. The highest BCUT2D eigenvalue weighted by Crippen LogP contribution is 2.41. The molecule has 0 bridgehead atoms. The monoisotopic (exact) mass is 350 g/mol. The van der Waals surface area contributed by atoms with E-state index in [4.69, 9.17) is 4.98 Å². The molecular formula is C24H20N3+. The topological polar surface area (TPSA) is 21.7 Å². The van der Waals surface area contributed by atoms with Gasteiger partial charge in [-0.25, -0.2) is 4.57 Å². The normalized spacial score (nSPS) is 13.3. The molecule has 0 atom stereocenters. The van der Waals surface area contributed by atoms with E-state index < -0.39 is 0 Å². The van der Waals surface area contributed by atoms with Crippen LogP contribution in [-0.2, 0) is 13.0 Å². The molecular weight excluding hydrogens is 330 g/mol. The van der Waals surface area contributed by atoms with Crippen LogP contribution >= 0.6 is 0 Å². The Balaban J connectivity index is 1.63. The molecule has 0 saturated carbocycles. The number of imidazole rings is 1. The number of hydrogen-bond donors (Lipinski definition) is 0. The van der Waals surface area contributed by atoms with Gasteiger partial charge in [0.2, 0.25) is 0 Å². The lowest BCUT2D eigenvalue weighted by molar-refractivity contribution is -0.671. The van der Waals surface area contributed by atoms with Crippen LogP contribution in [0.1, 0.15) is 27.8 Å². The molecule has 4 aromatic rings. The Morgan fingerprint density at radius 1 is 1.00 bits per heavy atom. The van der Waals surface area contributed by atoms with Crippen molar-refractivity contribution in [3.63, 3.8) is 0 Å². The summed E-state index contributed by atoms with van der Waals surface area (Å²) in [6.07, 6.45) is 7.31. The molecule has 3 heterocycles. The van der Waals surface area contributed by atoms with Crippen LogP contribution in [0, 0.1) is 13.8 Å². The second-order valence-electron chi connectivity index (χ2n) is 7.67. The van der Waals surface area contributed by atoms with Gasteiger partial charge in [-0.15, -0.1) is 0 Å². The molecule has 0 fully saturated rings. The van der Waals surface area contributed by atoms with Crippen molar-refractivity contribution >= 4 is 0 Å².